The largest absolute Gasteiger partial charge is 0.446 e. The smallest absolute Gasteiger partial charge is 0.414 e. The van der Waals surface area contributed by atoms with E-state index < -0.39 is 6.09 Å². The number of carbonyl (C=O) groups is 2. The minimum atomic E-state index is -0.499. The molecule has 3 aromatic rings. The van der Waals surface area contributed by atoms with E-state index in [1.165, 1.54) is 0 Å². The quantitative estimate of drug-likeness (QED) is 0.749. The molecule has 0 radical (unpaired) electrons. The first kappa shape index (κ1) is 15.7. The van der Waals surface area contributed by atoms with Crippen molar-refractivity contribution in [2.24, 2.45) is 4.99 Å². The van der Waals surface area contributed by atoms with Crippen molar-refractivity contribution < 1.29 is 14.3 Å². The third-order valence-electron chi connectivity index (χ3n) is 4.64. The van der Waals surface area contributed by atoms with Crippen LogP contribution in [-0.4, -0.2) is 40.2 Å². The van der Waals surface area contributed by atoms with Crippen LogP contribution in [0.25, 0.3) is 11.0 Å². The molecule has 1 aliphatic heterocycles. The van der Waals surface area contributed by atoms with Crippen molar-refractivity contribution in [3.05, 3.63) is 59.2 Å². The maximum absolute atomic E-state index is 12.1. The summed E-state index contributed by atoms with van der Waals surface area (Å²) in [5.74, 6) is 0.367. The van der Waals surface area contributed by atoms with Crippen molar-refractivity contribution in [2.75, 3.05) is 11.9 Å². The second-order valence-electron chi connectivity index (χ2n) is 6.68. The van der Waals surface area contributed by atoms with E-state index in [9.17, 15) is 9.59 Å². The van der Waals surface area contributed by atoms with Gasteiger partial charge in [0.1, 0.15) is 12.6 Å². The highest BCUT2D eigenvalue weighted by molar-refractivity contribution is 6.22. The van der Waals surface area contributed by atoms with Crippen LogP contribution in [0.1, 0.15) is 34.3 Å². The number of H-pyrrole nitrogens is 1. The molecule has 1 aliphatic carbocycles. The van der Waals surface area contributed by atoms with Crippen molar-refractivity contribution in [1.29, 1.82) is 0 Å². The number of hydrogen-bond donors (Lipinski definition) is 2. The van der Waals surface area contributed by atoms with E-state index in [4.69, 9.17) is 4.74 Å². The Morgan fingerprint density at radius 1 is 1.15 bits per heavy atom. The van der Waals surface area contributed by atoms with Crippen LogP contribution in [0.2, 0.25) is 0 Å². The molecule has 7 nitrogen and oxygen atoms in total. The Bertz CT molecular complexity index is 1110. The SMILES string of the molecule is O=C(Nc1nc2ccc(C3=NCC(=O)c4ccccc43)cc2[nH]1)OC1CC1. The summed E-state index contributed by atoms with van der Waals surface area (Å²) in [6, 6.07) is 13.2. The van der Waals surface area contributed by atoms with Crippen LogP contribution in [0.3, 0.4) is 0 Å². The van der Waals surface area contributed by atoms with Gasteiger partial charge in [-0.3, -0.25) is 15.1 Å². The highest BCUT2D eigenvalue weighted by atomic mass is 16.6. The van der Waals surface area contributed by atoms with E-state index in [-0.39, 0.29) is 18.4 Å². The summed E-state index contributed by atoms with van der Waals surface area (Å²) in [6.45, 7) is 0.146. The van der Waals surface area contributed by atoms with Gasteiger partial charge in [0.15, 0.2) is 5.78 Å². The Morgan fingerprint density at radius 3 is 2.78 bits per heavy atom. The molecule has 7 heteroatoms. The van der Waals surface area contributed by atoms with E-state index in [0.717, 1.165) is 40.7 Å². The summed E-state index contributed by atoms with van der Waals surface area (Å²) >= 11 is 0. The van der Waals surface area contributed by atoms with Gasteiger partial charge in [-0.25, -0.2) is 9.78 Å². The second kappa shape index (κ2) is 6.05. The molecule has 1 amide bonds. The number of imidazole rings is 1. The molecule has 0 unspecified atom stereocenters. The number of rotatable bonds is 3. The van der Waals surface area contributed by atoms with Crippen molar-refractivity contribution in [2.45, 2.75) is 18.9 Å². The molecule has 134 valence electrons. The average Bonchev–Trinajstić information content (AvgIpc) is 3.38. The number of aromatic nitrogens is 2. The molecule has 2 aliphatic rings. The maximum atomic E-state index is 12.1. The van der Waals surface area contributed by atoms with Crippen molar-refractivity contribution in [3.63, 3.8) is 0 Å². The van der Waals surface area contributed by atoms with Crippen molar-refractivity contribution in [1.82, 2.24) is 9.97 Å². The van der Waals surface area contributed by atoms with Crippen LogP contribution < -0.4 is 5.32 Å². The number of nitrogens with one attached hydrogen (secondary N) is 2. The number of ketones is 1. The topological polar surface area (TPSA) is 96.4 Å². The number of anilines is 1. The molecule has 2 N–H and O–H groups in total. The van der Waals surface area contributed by atoms with E-state index in [1.54, 1.807) is 0 Å². The number of carbonyl (C=O) groups excluding carboxylic acids is 2. The van der Waals surface area contributed by atoms with Crippen LogP contribution in [0, 0.1) is 0 Å². The van der Waals surface area contributed by atoms with E-state index in [0.29, 0.717) is 11.5 Å². The number of ether oxygens (including phenoxy) is 1. The first-order valence-electron chi connectivity index (χ1n) is 8.82. The summed E-state index contributed by atoms with van der Waals surface area (Å²) in [5.41, 5.74) is 4.69. The second-order valence-corrected chi connectivity index (χ2v) is 6.68. The highest BCUT2D eigenvalue weighted by Crippen LogP contribution is 2.25. The number of Topliss-reactive ketones (excluding diaryl/α,β-unsaturated/α-hetero) is 1. The van der Waals surface area contributed by atoms with Crippen LogP contribution in [-0.2, 0) is 4.74 Å². The monoisotopic (exact) mass is 360 g/mol. The van der Waals surface area contributed by atoms with Gasteiger partial charge in [0, 0.05) is 16.7 Å². The van der Waals surface area contributed by atoms with E-state index >= 15 is 0 Å². The number of nitrogens with zero attached hydrogens (tertiary/aromatic N) is 2. The lowest BCUT2D eigenvalue weighted by molar-refractivity contribution is 0.1000. The number of hydrogen-bond acceptors (Lipinski definition) is 5. The van der Waals surface area contributed by atoms with Gasteiger partial charge in [0.2, 0.25) is 5.95 Å². The summed E-state index contributed by atoms with van der Waals surface area (Å²) < 4.78 is 5.17. The number of benzene rings is 2. The van der Waals surface area contributed by atoms with Gasteiger partial charge >= 0.3 is 6.09 Å². The van der Waals surface area contributed by atoms with Gasteiger partial charge in [0.25, 0.3) is 0 Å². The molecule has 1 aromatic heterocycles. The lowest BCUT2D eigenvalue weighted by Gasteiger charge is -2.16. The zero-order valence-electron chi connectivity index (χ0n) is 14.4. The van der Waals surface area contributed by atoms with Gasteiger partial charge in [-0.2, -0.15) is 0 Å². The highest BCUT2D eigenvalue weighted by Gasteiger charge is 2.26. The standard InChI is InChI=1S/C20H16N4O3/c25-17-10-21-18(14-4-2-1-3-13(14)17)11-5-8-15-16(9-11)23-19(22-15)24-20(26)27-12-6-7-12/h1-5,8-9,12H,6-7,10H2,(H2,22,23,24,26). The summed E-state index contributed by atoms with van der Waals surface area (Å²) in [6.07, 6.45) is 1.38. The van der Waals surface area contributed by atoms with Crippen LogP contribution in [0.15, 0.2) is 47.5 Å². The van der Waals surface area contributed by atoms with Gasteiger partial charge in [-0.15, -0.1) is 0 Å². The molecule has 1 saturated carbocycles. The molecule has 5 rings (SSSR count). The third-order valence-corrected chi connectivity index (χ3v) is 4.64. The molecule has 0 atom stereocenters. The van der Waals surface area contributed by atoms with Crippen molar-refractivity contribution >= 4 is 34.6 Å². The fourth-order valence-corrected chi connectivity index (χ4v) is 3.18. The Morgan fingerprint density at radius 2 is 1.96 bits per heavy atom. The van der Waals surface area contributed by atoms with Crippen LogP contribution in [0.5, 0.6) is 0 Å². The van der Waals surface area contributed by atoms with Gasteiger partial charge in [0.05, 0.1) is 16.7 Å². The molecular weight excluding hydrogens is 344 g/mol. The number of amides is 1. The minimum absolute atomic E-state index is 0.0256. The predicted molar refractivity (Wildman–Crippen MR) is 100 cm³/mol. The molecule has 2 aromatic carbocycles. The third kappa shape index (κ3) is 2.97. The van der Waals surface area contributed by atoms with Gasteiger partial charge in [-0.1, -0.05) is 30.3 Å². The molecule has 27 heavy (non-hydrogen) atoms. The van der Waals surface area contributed by atoms with E-state index in [1.807, 2.05) is 42.5 Å². The van der Waals surface area contributed by atoms with Gasteiger partial charge in [-0.05, 0) is 25.0 Å². The zero-order chi connectivity index (χ0) is 18.4. The maximum Gasteiger partial charge on any atom is 0.414 e. The first-order chi connectivity index (χ1) is 13.2. The molecule has 0 bridgehead atoms. The van der Waals surface area contributed by atoms with Crippen molar-refractivity contribution in [3.8, 4) is 0 Å². The minimum Gasteiger partial charge on any atom is -0.446 e. The number of aromatic amines is 1. The normalized spacial score (nSPS) is 16.0. The Labute approximate surface area is 154 Å². The van der Waals surface area contributed by atoms with Crippen LogP contribution >= 0.6 is 0 Å². The zero-order valence-corrected chi connectivity index (χ0v) is 14.4. The molecular formula is C20H16N4O3. The molecule has 0 spiro atoms. The molecule has 2 heterocycles. The summed E-state index contributed by atoms with van der Waals surface area (Å²) in [7, 11) is 0. The first-order valence-corrected chi connectivity index (χ1v) is 8.82. The molecule has 1 fully saturated rings. The van der Waals surface area contributed by atoms with Gasteiger partial charge < -0.3 is 9.72 Å². The van der Waals surface area contributed by atoms with E-state index in [2.05, 4.69) is 20.3 Å². The lowest BCUT2D eigenvalue weighted by atomic mass is 9.92. The number of aliphatic imine (C=N–C) groups is 1. The fourth-order valence-electron chi connectivity index (χ4n) is 3.18. The Balaban J connectivity index is 1.46. The summed E-state index contributed by atoms with van der Waals surface area (Å²) in [5, 5.41) is 2.62. The summed E-state index contributed by atoms with van der Waals surface area (Å²) in [4.78, 5) is 35.8. The Hall–Kier alpha value is -3.48. The Kier molecular flexibility index (Phi) is 3.53. The van der Waals surface area contributed by atoms with Crippen LogP contribution in [0.4, 0.5) is 10.7 Å². The molecule has 0 saturated heterocycles. The lowest BCUT2D eigenvalue weighted by Crippen LogP contribution is -2.19. The predicted octanol–water partition coefficient (Wildman–Crippen LogP) is 3.31. The number of fused-ring (bicyclic) bond motifs is 2. The average molecular weight is 360 g/mol. The fraction of sp³-hybridized carbons (Fsp3) is 0.200.